The van der Waals surface area contributed by atoms with Gasteiger partial charge in [-0.15, -0.1) is 0 Å². The molecule has 0 aliphatic heterocycles. The van der Waals surface area contributed by atoms with Gasteiger partial charge in [-0.05, 0) is 19.3 Å². The zero-order chi connectivity index (χ0) is 10.9. The number of hydrogen-bond acceptors (Lipinski definition) is 3. The van der Waals surface area contributed by atoms with Gasteiger partial charge in [-0.1, -0.05) is 20.8 Å². The van der Waals surface area contributed by atoms with Crippen LogP contribution < -0.4 is 5.73 Å². The Morgan fingerprint density at radius 2 is 1.62 bits per heavy atom. The molecular weight excluding hydrogens is 186 g/mol. The molecule has 1 unspecified atom stereocenters. The van der Waals surface area contributed by atoms with Gasteiger partial charge in [0, 0.05) is 6.04 Å². The molecule has 0 aromatic carbocycles. The number of sulfone groups is 1. The summed E-state index contributed by atoms with van der Waals surface area (Å²) >= 11 is 0. The van der Waals surface area contributed by atoms with E-state index < -0.39 is 9.84 Å². The van der Waals surface area contributed by atoms with Crippen molar-refractivity contribution >= 4 is 9.84 Å². The van der Waals surface area contributed by atoms with Crippen LogP contribution in [0.1, 0.15) is 34.6 Å². The summed E-state index contributed by atoms with van der Waals surface area (Å²) in [7, 11) is -3.01. The molecule has 0 saturated heterocycles. The van der Waals surface area contributed by atoms with Crippen molar-refractivity contribution in [3.63, 3.8) is 0 Å². The average Bonchev–Trinajstić information content (AvgIpc) is 1.83. The monoisotopic (exact) mass is 207 g/mol. The fraction of sp³-hybridized carbons (Fsp3) is 1.00. The minimum Gasteiger partial charge on any atom is -0.326 e. The van der Waals surface area contributed by atoms with Crippen LogP contribution in [0.25, 0.3) is 0 Å². The quantitative estimate of drug-likeness (QED) is 0.756. The highest BCUT2D eigenvalue weighted by Gasteiger charge is 2.27. The third-order valence-electron chi connectivity index (χ3n) is 2.24. The fourth-order valence-electron chi connectivity index (χ4n) is 0.693. The average molecular weight is 207 g/mol. The first-order chi connectivity index (χ1) is 5.57. The van der Waals surface area contributed by atoms with Crippen LogP contribution in [0.2, 0.25) is 0 Å². The van der Waals surface area contributed by atoms with Crippen LogP contribution in [-0.2, 0) is 9.84 Å². The SMILES string of the molecule is CC(C)S(=O)(=O)CC(N)C(C)(C)C. The molecule has 0 fully saturated rings. The molecule has 4 heteroatoms. The number of hydrogen-bond donors (Lipinski definition) is 1. The Kier molecular flexibility index (Phi) is 3.94. The molecular formula is C9H21NO2S. The van der Waals surface area contributed by atoms with Crippen molar-refractivity contribution in [3.8, 4) is 0 Å². The van der Waals surface area contributed by atoms with Crippen molar-refractivity contribution in [2.75, 3.05) is 5.75 Å². The lowest BCUT2D eigenvalue weighted by atomic mass is 9.89. The van der Waals surface area contributed by atoms with Crippen LogP contribution in [0, 0.1) is 5.41 Å². The Labute approximate surface area is 81.6 Å². The third kappa shape index (κ3) is 4.09. The van der Waals surface area contributed by atoms with Crippen LogP contribution in [0.4, 0.5) is 0 Å². The van der Waals surface area contributed by atoms with Crippen molar-refractivity contribution in [2.24, 2.45) is 11.1 Å². The Hall–Kier alpha value is -0.0900. The van der Waals surface area contributed by atoms with E-state index in [0.717, 1.165) is 0 Å². The van der Waals surface area contributed by atoms with Gasteiger partial charge in [-0.3, -0.25) is 0 Å². The van der Waals surface area contributed by atoms with E-state index in [1.807, 2.05) is 20.8 Å². The summed E-state index contributed by atoms with van der Waals surface area (Å²) in [6.45, 7) is 9.23. The maximum absolute atomic E-state index is 11.5. The van der Waals surface area contributed by atoms with Gasteiger partial charge in [-0.2, -0.15) is 0 Å². The fourth-order valence-corrected chi connectivity index (χ4v) is 2.08. The molecule has 80 valence electrons. The van der Waals surface area contributed by atoms with Gasteiger partial charge in [-0.25, -0.2) is 8.42 Å². The van der Waals surface area contributed by atoms with Gasteiger partial charge in [0.15, 0.2) is 9.84 Å². The molecule has 0 heterocycles. The van der Waals surface area contributed by atoms with E-state index in [9.17, 15) is 8.42 Å². The van der Waals surface area contributed by atoms with Gasteiger partial charge in [0.25, 0.3) is 0 Å². The smallest absolute Gasteiger partial charge is 0.154 e. The van der Waals surface area contributed by atoms with Crippen molar-refractivity contribution in [3.05, 3.63) is 0 Å². The second kappa shape index (κ2) is 3.96. The van der Waals surface area contributed by atoms with E-state index in [1.165, 1.54) is 0 Å². The summed E-state index contributed by atoms with van der Waals surface area (Å²) in [6.07, 6.45) is 0. The van der Waals surface area contributed by atoms with Crippen LogP contribution in [-0.4, -0.2) is 25.5 Å². The molecule has 3 nitrogen and oxygen atoms in total. The van der Waals surface area contributed by atoms with Crippen LogP contribution in [0.3, 0.4) is 0 Å². The first-order valence-electron chi connectivity index (χ1n) is 4.54. The molecule has 0 spiro atoms. The van der Waals surface area contributed by atoms with Crippen molar-refractivity contribution in [1.29, 1.82) is 0 Å². The van der Waals surface area contributed by atoms with Gasteiger partial charge >= 0.3 is 0 Å². The van der Waals surface area contributed by atoms with Crippen molar-refractivity contribution in [1.82, 2.24) is 0 Å². The second-order valence-electron chi connectivity index (χ2n) is 4.85. The lowest BCUT2D eigenvalue weighted by molar-refractivity contribution is 0.340. The Bertz CT molecular complexity index is 249. The van der Waals surface area contributed by atoms with Crippen LogP contribution >= 0.6 is 0 Å². The number of nitrogens with two attached hydrogens (primary N) is 1. The first-order valence-corrected chi connectivity index (χ1v) is 6.26. The molecule has 0 aromatic rings. The zero-order valence-corrected chi connectivity index (χ0v) is 9.98. The van der Waals surface area contributed by atoms with E-state index in [2.05, 4.69) is 0 Å². The van der Waals surface area contributed by atoms with E-state index >= 15 is 0 Å². The molecule has 0 rings (SSSR count). The van der Waals surface area contributed by atoms with E-state index in [1.54, 1.807) is 13.8 Å². The van der Waals surface area contributed by atoms with Gasteiger partial charge in [0.05, 0.1) is 11.0 Å². The highest BCUT2D eigenvalue weighted by Crippen LogP contribution is 2.19. The predicted octanol–water partition coefficient (Wildman–Crippen LogP) is 1.18. The molecule has 1 atom stereocenters. The maximum atomic E-state index is 11.5. The minimum atomic E-state index is -3.01. The number of rotatable bonds is 3. The summed E-state index contributed by atoms with van der Waals surface area (Å²) in [6, 6.07) is -0.292. The topological polar surface area (TPSA) is 60.2 Å². The summed E-state index contributed by atoms with van der Waals surface area (Å²) in [4.78, 5) is 0. The van der Waals surface area contributed by atoms with E-state index in [0.29, 0.717) is 0 Å². The van der Waals surface area contributed by atoms with Gasteiger partial charge < -0.3 is 5.73 Å². The normalized spacial score (nSPS) is 16.2. The molecule has 0 radical (unpaired) electrons. The highest BCUT2D eigenvalue weighted by atomic mass is 32.2. The maximum Gasteiger partial charge on any atom is 0.154 e. The molecule has 0 amide bonds. The summed E-state index contributed by atoms with van der Waals surface area (Å²) in [5, 5.41) is -0.333. The Morgan fingerprint density at radius 3 is 1.85 bits per heavy atom. The zero-order valence-electron chi connectivity index (χ0n) is 9.16. The second-order valence-corrected chi connectivity index (χ2v) is 7.45. The lowest BCUT2D eigenvalue weighted by Crippen LogP contribution is -2.42. The van der Waals surface area contributed by atoms with Crippen LogP contribution in [0.15, 0.2) is 0 Å². The van der Waals surface area contributed by atoms with Crippen molar-refractivity contribution < 1.29 is 8.42 Å². The molecule has 0 bridgehead atoms. The summed E-state index contributed by atoms with van der Waals surface area (Å²) in [5.41, 5.74) is 5.64. The molecule has 0 aliphatic rings. The third-order valence-corrected chi connectivity index (χ3v) is 4.50. The van der Waals surface area contributed by atoms with E-state index in [4.69, 9.17) is 5.73 Å². The summed E-state index contributed by atoms with van der Waals surface area (Å²) < 4.78 is 23.0. The standard InChI is InChI=1S/C9H21NO2S/c1-7(2)13(11,12)6-8(10)9(3,4)5/h7-8H,6,10H2,1-5H3. The molecule has 0 aromatic heterocycles. The van der Waals surface area contributed by atoms with Crippen LogP contribution in [0.5, 0.6) is 0 Å². The van der Waals surface area contributed by atoms with Gasteiger partial charge in [0.1, 0.15) is 0 Å². The first kappa shape index (κ1) is 12.9. The summed E-state index contributed by atoms with van der Waals surface area (Å²) in [5.74, 6) is 0.0775. The minimum absolute atomic E-state index is 0.0775. The predicted molar refractivity (Wildman–Crippen MR) is 56.4 cm³/mol. The van der Waals surface area contributed by atoms with Gasteiger partial charge in [0.2, 0.25) is 0 Å². The van der Waals surface area contributed by atoms with E-state index in [-0.39, 0.29) is 22.5 Å². The lowest BCUT2D eigenvalue weighted by Gasteiger charge is -2.27. The highest BCUT2D eigenvalue weighted by molar-refractivity contribution is 7.92. The van der Waals surface area contributed by atoms with Crippen molar-refractivity contribution in [2.45, 2.75) is 45.9 Å². The largest absolute Gasteiger partial charge is 0.326 e. The molecule has 2 N–H and O–H groups in total. The Balaban J connectivity index is 4.48. The molecule has 0 saturated carbocycles. The molecule has 0 aliphatic carbocycles. The molecule has 13 heavy (non-hydrogen) atoms. The Morgan fingerprint density at radius 1 is 1.23 bits per heavy atom.